The molecule has 1 aliphatic rings. The number of hydrogen-bond acceptors (Lipinski definition) is 6. The molecule has 9 nitrogen and oxygen atoms in total. The Morgan fingerprint density at radius 1 is 1.28 bits per heavy atom. The van der Waals surface area contributed by atoms with E-state index in [-0.39, 0.29) is 30.5 Å². The molecule has 0 saturated heterocycles. The average Bonchev–Trinajstić information content (AvgIpc) is 2.86. The highest BCUT2D eigenvalue weighted by Crippen LogP contribution is 2.26. The highest BCUT2D eigenvalue weighted by atomic mass is 16.5. The van der Waals surface area contributed by atoms with Gasteiger partial charge in [-0.25, -0.2) is 5.48 Å². The van der Waals surface area contributed by atoms with Crippen LogP contribution in [0.5, 0.6) is 0 Å². The third kappa shape index (κ3) is 8.12. The molecule has 0 fully saturated rings. The van der Waals surface area contributed by atoms with Crippen LogP contribution in [0, 0.1) is 17.8 Å². The second-order valence-corrected chi connectivity index (χ2v) is 7.72. The van der Waals surface area contributed by atoms with Gasteiger partial charge in [0.2, 0.25) is 11.8 Å². The fourth-order valence-electron chi connectivity index (χ4n) is 3.50. The van der Waals surface area contributed by atoms with E-state index in [4.69, 9.17) is 15.1 Å². The average molecular weight is 414 g/mol. The highest BCUT2D eigenvalue weighted by Gasteiger charge is 2.35. The fourth-order valence-corrected chi connectivity index (χ4v) is 3.50. The van der Waals surface area contributed by atoms with Crippen molar-refractivity contribution < 1.29 is 29.4 Å². The van der Waals surface area contributed by atoms with E-state index >= 15 is 0 Å². The number of hydroxylamine groups is 1. The lowest BCUT2D eigenvalue weighted by atomic mass is 9.81. The van der Waals surface area contributed by atoms with Crippen molar-refractivity contribution in [2.75, 3.05) is 33.4 Å². The van der Waals surface area contributed by atoms with Crippen LogP contribution in [0.3, 0.4) is 0 Å². The molecule has 0 bridgehead atoms. The molecule has 1 rings (SSSR count). The summed E-state index contributed by atoms with van der Waals surface area (Å²) in [6.45, 7) is 5.17. The number of ether oxygens (including phenoxy) is 1. The number of rotatable bonds is 12. The van der Waals surface area contributed by atoms with Gasteiger partial charge >= 0.3 is 0 Å². The molecule has 0 aromatic heterocycles. The van der Waals surface area contributed by atoms with Crippen molar-refractivity contribution in [2.24, 2.45) is 17.8 Å². The van der Waals surface area contributed by atoms with Crippen LogP contribution in [0.2, 0.25) is 0 Å². The normalized spacial score (nSPS) is 16.8. The molecule has 29 heavy (non-hydrogen) atoms. The predicted octanol–water partition coefficient (Wildman–Crippen LogP) is 0.812. The molecular formula is C20H35N3O6. The first-order valence-electron chi connectivity index (χ1n) is 10.2. The number of carbonyl (C=O) groups excluding carboxylic acids is 3. The van der Waals surface area contributed by atoms with Gasteiger partial charge in [0.25, 0.3) is 5.91 Å². The zero-order chi connectivity index (χ0) is 21.8. The molecule has 0 spiro atoms. The molecule has 1 heterocycles. The van der Waals surface area contributed by atoms with E-state index in [1.807, 2.05) is 13.8 Å². The largest absolute Gasteiger partial charge is 0.396 e. The van der Waals surface area contributed by atoms with Crippen molar-refractivity contribution in [3.05, 3.63) is 11.8 Å². The third-order valence-corrected chi connectivity index (χ3v) is 4.99. The summed E-state index contributed by atoms with van der Waals surface area (Å²) in [5, 5.41) is 21.0. The van der Waals surface area contributed by atoms with Gasteiger partial charge in [0.05, 0.1) is 18.4 Å². The van der Waals surface area contributed by atoms with Crippen molar-refractivity contribution in [2.45, 2.75) is 46.0 Å². The summed E-state index contributed by atoms with van der Waals surface area (Å²) in [4.78, 5) is 39.7. The van der Waals surface area contributed by atoms with Gasteiger partial charge in [-0.1, -0.05) is 19.9 Å². The van der Waals surface area contributed by atoms with Crippen LogP contribution in [0.1, 0.15) is 46.0 Å². The zero-order valence-electron chi connectivity index (χ0n) is 17.6. The van der Waals surface area contributed by atoms with Crippen molar-refractivity contribution >= 4 is 17.7 Å². The number of nitrogens with zero attached hydrogens (tertiary/aromatic N) is 1. The second kappa shape index (κ2) is 13.3. The molecule has 0 aromatic rings. The number of aliphatic hydroxyl groups excluding tert-OH is 1. The van der Waals surface area contributed by atoms with E-state index < -0.39 is 23.7 Å². The van der Waals surface area contributed by atoms with Crippen LogP contribution in [0.25, 0.3) is 0 Å². The minimum absolute atomic E-state index is 0.117. The first-order valence-corrected chi connectivity index (χ1v) is 10.2. The van der Waals surface area contributed by atoms with Gasteiger partial charge in [-0.15, -0.1) is 0 Å². The Bertz CT molecular complexity index is 579. The Balaban J connectivity index is 3.01. The lowest BCUT2D eigenvalue weighted by Crippen LogP contribution is -2.45. The van der Waals surface area contributed by atoms with Gasteiger partial charge in [-0.3, -0.25) is 19.6 Å². The topological polar surface area (TPSA) is 128 Å². The van der Waals surface area contributed by atoms with E-state index in [0.717, 1.165) is 6.42 Å². The Kier molecular flexibility index (Phi) is 11.5. The SMILES string of the molecule is COCCN1CCCC=C(NC(=O)[C@H](CC(C)C)C(CCCO)C(=O)NO)C1=O. The highest BCUT2D eigenvalue weighted by molar-refractivity contribution is 5.99. The van der Waals surface area contributed by atoms with Crippen LogP contribution in [0.15, 0.2) is 11.8 Å². The quantitative estimate of drug-likeness (QED) is 0.277. The Labute approximate surface area is 172 Å². The molecular weight excluding hydrogens is 378 g/mol. The van der Waals surface area contributed by atoms with Crippen LogP contribution >= 0.6 is 0 Å². The van der Waals surface area contributed by atoms with Gasteiger partial charge in [0.15, 0.2) is 0 Å². The Morgan fingerprint density at radius 2 is 2.00 bits per heavy atom. The van der Waals surface area contributed by atoms with Crippen molar-refractivity contribution in [3.63, 3.8) is 0 Å². The molecule has 1 unspecified atom stereocenters. The Hall–Kier alpha value is -1.97. The molecule has 9 heteroatoms. The maximum atomic E-state index is 13.1. The number of amides is 3. The number of nitrogens with one attached hydrogen (secondary N) is 2. The third-order valence-electron chi connectivity index (χ3n) is 4.99. The summed E-state index contributed by atoms with van der Waals surface area (Å²) in [5.74, 6) is -2.79. The van der Waals surface area contributed by atoms with Crippen LogP contribution in [-0.4, -0.2) is 66.3 Å². The van der Waals surface area contributed by atoms with Crippen LogP contribution in [-0.2, 0) is 19.1 Å². The minimum Gasteiger partial charge on any atom is -0.396 e. The standard InChI is InChI=1S/C20H35N3O6/c1-14(2)13-16(15(7-6-11-24)19(26)22-28)18(25)21-17-8-4-5-9-23(20(17)27)10-12-29-3/h8,14-16,24,28H,4-7,9-13H2,1-3H3,(H,21,25)(H,22,26)/t15?,16-/m1/s1. The van der Waals surface area contributed by atoms with Crippen molar-refractivity contribution in [1.82, 2.24) is 15.7 Å². The lowest BCUT2D eigenvalue weighted by molar-refractivity contribution is -0.141. The molecule has 0 radical (unpaired) electrons. The molecule has 3 amide bonds. The molecule has 166 valence electrons. The van der Waals surface area contributed by atoms with E-state index in [9.17, 15) is 14.4 Å². The summed E-state index contributed by atoms with van der Waals surface area (Å²) in [6, 6.07) is 0. The number of carbonyl (C=O) groups is 3. The molecule has 2 atom stereocenters. The van der Waals surface area contributed by atoms with Gasteiger partial charge < -0.3 is 20.1 Å². The van der Waals surface area contributed by atoms with E-state index in [1.54, 1.807) is 23.6 Å². The molecule has 0 aromatic carbocycles. The number of allylic oxidation sites excluding steroid dienone is 1. The molecule has 0 saturated carbocycles. The fraction of sp³-hybridized carbons (Fsp3) is 0.750. The predicted molar refractivity (Wildman–Crippen MR) is 107 cm³/mol. The lowest BCUT2D eigenvalue weighted by Gasteiger charge is -2.27. The van der Waals surface area contributed by atoms with Gasteiger partial charge in [-0.05, 0) is 38.0 Å². The van der Waals surface area contributed by atoms with Gasteiger partial charge in [0, 0.05) is 26.8 Å². The van der Waals surface area contributed by atoms with E-state index in [1.165, 1.54) is 0 Å². The summed E-state index contributed by atoms with van der Waals surface area (Å²) >= 11 is 0. The second-order valence-electron chi connectivity index (χ2n) is 7.72. The van der Waals surface area contributed by atoms with Crippen molar-refractivity contribution in [3.8, 4) is 0 Å². The van der Waals surface area contributed by atoms with E-state index in [2.05, 4.69) is 5.32 Å². The monoisotopic (exact) mass is 413 g/mol. The zero-order valence-corrected chi connectivity index (χ0v) is 17.6. The maximum Gasteiger partial charge on any atom is 0.270 e. The van der Waals surface area contributed by atoms with Gasteiger partial charge in [-0.2, -0.15) is 0 Å². The first kappa shape index (κ1) is 25.1. The molecule has 0 aliphatic carbocycles. The van der Waals surface area contributed by atoms with Gasteiger partial charge in [0.1, 0.15) is 5.70 Å². The maximum absolute atomic E-state index is 13.1. The van der Waals surface area contributed by atoms with E-state index in [0.29, 0.717) is 39.0 Å². The Morgan fingerprint density at radius 3 is 2.59 bits per heavy atom. The van der Waals surface area contributed by atoms with Crippen LogP contribution in [0.4, 0.5) is 0 Å². The summed E-state index contributed by atoms with van der Waals surface area (Å²) < 4.78 is 5.05. The van der Waals surface area contributed by atoms with Crippen molar-refractivity contribution in [1.29, 1.82) is 0 Å². The molecule has 1 aliphatic heterocycles. The number of methoxy groups -OCH3 is 1. The smallest absolute Gasteiger partial charge is 0.270 e. The minimum atomic E-state index is -0.805. The number of hydrogen-bond donors (Lipinski definition) is 4. The number of aliphatic hydroxyl groups is 1. The molecule has 4 N–H and O–H groups in total. The summed E-state index contributed by atoms with van der Waals surface area (Å²) in [6.07, 6.45) is 4.15. The van der Waals surface area contributed by atoms with Crippen LogP contribution < -0.4 is 10.8 Å². The summed E-state index contributed by atoms with van der Waals surface area (Å²) in [5.41, 5.74) is 1.84. The first-order chi connectivity index (χ1) is 13.8. The summed E-state index contributed by atoms with van der Waals surface area (Å²) in [7, 11) is 1.57.